The van der Waals surface area contributed by atoms with Gasteiger partial charge in [-0.3, -0.25) is 0 Å². The van der Waals surface area contributed by atoms with Crippen LogP contribution in [0.5, 0.6) is 0 Å². The lowest BCUT2D eigenvalue weighted by molar-refractivity contribution is 1.25. The lowest BCUT2D eigenvalue weighted by Crippen LogP contribution is -2.10. The molecule has 0 N–H and O–H groups in total. The van der Waals surface area contributed by atoms with Crippen LogP contribution < -0.4 is 9.80 Å². The number of rotatable bonds is 8. The van der Waals surface area contributed by atoms with E-state index in [1.54, 1.807) is 0 Å². The minimum atomic E-state index is 1.13. The number of benzene rings is 8. The van der Waals surface area contributed by atoms with Gasteiger partial charge in [0.1, 0.15) is 0 Å². The second kappa shape index (κ2) is 14.1. The summed E-state index contributed by atoms with van der Waals surface area (Å²) in [5, 5.41) is 4.98. The van der Waals surface area contributed by atoms with E-state index in [4.69, 9.17) is 0 Å². The van der Waals surface area contributed by atoms with E-state index >= 15 is 0 Å². The second-order valence-corrected chi connectivity index (χ2v) is 13.9. The molecule has 0 radical (unpaired) electrons. The van der Waals surface area contributed by atoms with Crippen molar-refractivity contribution in [2.75, 3.05) is 9.80 Å². The van der Waals surface area contributed by atoms with Crippen molar-refractivity contribution in [2.24, 2.45) is 0 Å². The smallest absolute Gasteiger partial charge is 0.0468 e. The fraction of sp³-hybridized carbons (Fsp3) is 0.0800. The third-order valence-corrected chi connectivity index (χ3v) is 9.68. The molecular weight excluding hydrogens is 629 g/mol. The van der Waals surface area contributed by atoms with E-state index in [1.807, 2.05) is 0 Å². The molecule has 0 aliphatic carbocycles. The van der Waals surface area contributed by atoms with Gasteiger partial charge < -0.3 is 9.80 Å². The number of aryl methyl sites for hydroxylation is 4. The first-order valence-electron chi connectivity index (χ1n) is 18.0. The monoisotopic (exact) mass is 670 g/mol. The normalized spacial score (nSPS) is 11.4. The molecule has 0 aliphatic heterocycles. The quantitative estimate of drug-likeness (QED) is 0.117. The van der Waals surface area contributed by atoms with E-state index < -0.39 is 0 Å². The van der Waals surface area contributed by atoms with Crippen LogP contribution in [0.25, 0.3) is 33.7 Å². The van der Waals surface area contributed by atoms with E-state index in [9.17, 15) is 0 Å². The Kier molecular flexibility index (Phi) is 8.89. The molecule has 2 nitrogen and oxygen atoms in total. The summed E-state index contributed by atoms with van der Waals surface area (Å²) in [6.45, 7) is 8.65. The number of hydrogen-bond acceptors (Lipinski definition) is 2. The average molecular weight is 671 g/mol. The molecule has 252 valence electrons. The Hall–Kier alpha value is -6.38. The van der Waals surface area contributed by atoms with Crippen LogP contribution in [0.3, 0.4) is 0 Å². The van der Waals surface area contributed by atoms with Crippen molar-refractivity contribution in [1.82, 2.24) is 0 Å². The van der Waals surface area contributed by atoms with Gasteiger partial charge in [-0.05, 0) is 161 Å². The molecule has 0 aliphatic rings. The van der Waals surface area contributed by atoms with Crippen LogP contribution in [0.15, 0.2) is 170 Å². The Balaban J connectivity index is 1.07. The third kappa shape index (κ3) is 6.84. The molecule has 0 unspecified atom stereocenters. The topological polar surface area (TPSA) is 6.48 Å². The molecule has 52 heavy (non-hydrogen) atoms. The SMILES string of the molecule is Cc1cc(C)cc(N(c2ccccc2)c2ccc(C=Cc3ccc4c(ccc5cc(N(c6ccccc6)c6cc(C)cc(C)c6)ccc54)c3)cc2)c1. The summed E-state index contributed by atoms with van der Waals surface area (Å²) in [5.74, 6) is 0. The van der Waals surface area contributed by atoms with Gasteiger partial charge in [-0.15, -0.1) is 0 Å². The number of para-hydroxylation sites is 2. The summed E-state index contributed by atoms with van der Waals surface area (Å²) < 4.78 is 0. The minimum absolute atomic E-state index is 1.13. The molecule has 0 aromatic heterocycles. The summed E-state index contributed by atoms with van der Waals surface area (Å²) in [4.78, 5) is 4.68. The van der Waals surface area contributed by atoms with Gasteiger partial charge in [-0.2, -0.15) is 0 Å². The molecule has 0 saturated heterocycles. The van der Waals surface area contributed by atoms with Crippen molar-refractivity contribution < 1.29 is 0 Å². The van der Waals surface area contributed by atoms with Crippen LogP contribution in [-0.4, -0.2) is 0 Å². The molecule has 0 fully saturated rings. The standard InChI is InChI=1S/C50H42N2/c1-35-27-36(2)30-47(29-35)51(43-11-7-5-8-12-43)45-22-17-39(18-23-45)15-16-40-19-25-49-41(33-40)20-21-42-34-46(24-26-50(42)49)52(44-13-9-6-10-14-44)48-31-37(3)28-38(4)32-48/h5-34H,1-4H3. The van der Waals surface area contributed by atoms with Gasteiger partial charge in [0.2, 0.25) is 0 Å². The van der Waals surface area contributed by atoms with Gasteiger partial charge in [-0.1, -0.05) is 103 Å². The minimum Gasteiger partial charge on any atom is -0.310 e. The molecule has 8 rings (SSSR count). The summed E-state index contributed by atoms with van der Waals surface area (Å²) in [6.07, 6.45) is 4.41. The maximum Gasteiger partial charge on any atom is 0.0468 e. The largest absolute Gasteiger partial charge is 0.310 e. The number of hydrogen-bond donors (Lipinski definition) is 0. The van der Waals surface area contributed by atoms with Crippen molar-refractivity contribution in [3.05, 3.63) is 203 Å². The summed E-state index contributed by atoms with van der Waals surface area (Å²) >= 11 is 0. The first kappa shape index (κ1) is 32.8. The number of fused-ring (bicyclic) bond motifs is 3. The van der Waals surface area contributed by atoms with Gasteiger partial charge in [0.15, 0.2) is 0 Å². The molecule has 0 amide bonds. The first-order chi connectivity index (χ1) is 25.4. The Labute approximate surface area is 307 Å². The van der Waals surface area contributed by atoms with Crippen LogP contribution in [0, 0.1) is 27.7 Å². The van der Waals surface area contributed by atoms with Crippen LogP contribution in [0.1, 0.15) is 33.4 Å². The van der Waals surface area contributed by atoms with Crippen LogP contribution in [0.4, 0.5) is 34.1 Å². The Morgan fingerprint density at radius 3 is 1.25 bits per heavy atom. The fourth-order valence-electron chi connectivity index (χ4n) is 7.45. The molecule has 0 heterocycles. The molecule has 0 atom stereocenters. The fourth-order valence-corrected chi connectivity index (χ4v) is 7.45. The van der Waals surface area contributed by atoms with Gasteiger partial charge in [-0.25, -0.2) is 0 Å². The molecule has 0 spiro atoms. The average Bonchev–Trinajstić information content (AvgIpc) is 3.14. The van der Waals surface area contributed by atoms with Crippen molar-refractivity contribution in [3.63, 3.8) is 0 Å². The highest BCUT2D eigenvalue weighted by molar-refractivity contribution is 6.09. The van der Waals surface area contributed by atoms with E-state index in [0.717, 1.165) is 28.3 Å². The zero-order valence-electron chi connectivity index (χ0n) is 30.2. The van der Waals surface area contributed by atoms with E-state index in [-0.39, 0.29) is 0 Å². The molecule has 2 heteroatoms. The molecular formula is C50H42N2. The maximum atomic E-state index is 2.35. The molecule has 8 aromatic rings. The summed E-state index contributed by atoms with van der Waals surface area (Å²) in [5.41, 5.74) is 14.3. The predicted molar refractivity (Wildman–Crippen MR) is 225 cm³/mol. The zero-order valence-corrected chi connectivity index (χ0v) is 30.2. The Morgan fingerprint density at radius 2 is 0.712 bits per heavy atom. The lowest BCUT2D eigenvalue weighted by atomic mass is 9.99. The van der Waals surface area contributed by atoms with Crippen molar-refractivity contribution in [1.29, 1.82) is 0 Å². The van der Waals surface area contributed by atoms with Gasteiger partial charge in [0, 0.05) is 34.1 Å². The second-order valence-electron chi connectivity index (χ2n) is 13.9. The van der Waals surface area contributed by atoms with E-state index in [2.05, 4.69) is 220 Å². The molecule has 8 aromatic carbocycles. The molecule has 0 bridgehead atoms. The molecule has 0 saturated carbocycles. The number of nitrogens with zero attached hydrogens (tertiary/aromatic N) is 2. The Morgan fingerprint density at radius 1 is 0.308 bits per heavy atom. The van der Waals surface area contributed by atoms with Crippen LogP contribution in [0.2, 0.25) is 0 Å². The summed E-state index contributed by atoms with van der Waals surface area (Å²) in [7, 11) is 0. The van der Waals surface area contributed by atoms with E-state index in [1.165, 1.54) is 60.7 Å². The van der Waals surface area contributed by atoms with Crippen LogP contribution in [-0.2, 0) is 0 Å². The number of anilines is 6. The van der Waals surface area contributed by atoms with Crippen molar-refractivity contribution in [3.8, 4) is 0 Å². The van der Waals surface area contributed by atoms with Gasteiger partial charge >= 0.3 is 0 Å². The summed E-state index contributed by atoms with van der Waals surface area (Å²) in [6, 6.07) is 61.7. The third-order valence-electron chi connectivity index (χ3n) is 9.68. The highest BCUT2D eigenvalue weighted by atomic mass is 15.1. The first-order valence-corrected chi connectivity index (χ1v) is 18.0. The predicted octanol–water partition coefficient (Wildman–Crippen LogP) is 14.3. The van der Waals surface area contributed by atoms with Crippen molar-refractivity contribution >= 4 is 67.8 Å². The van der Waals surface area contributed by atoms with Crippen molar-refractivity contribution in [2.45, 2.75) is 27.7 Å². The lowest BCUT2D eigenvalue weighted by Gasteiger charge is -2.26. The highest BCUT2D eigenvalue weighted by Crippen LogP contribution is 2.39. The van der Waals surface area contributed by atoms with Crippen LogP contribution >= 0.6 is 0 Å². The zero-order chi connectivity index (χ0) is 35.6. The maximum absolute atomic E-state index is 2.35. The Bertz CT molecular complexity index is 2510. The van der Waals surface area contributed by atoms with Gasteiger partial charge in [0.25, 0.3) is 0 Å². The highest BCUT2D eigenvalue weighted by Gasteiger charge is 2.15. The van der Waals surface area contributed by atoms with E-state index in [0.29, 0.717) is 0 Å². The van der Waals surface area contributed by atoms with Gasteiger partial charge in [0.05, 0.1) is 0 Å².